The first-order chi connectivity index (χ1) is 4.72. The summed E-state index contributed by atoms with van der Waals surface area (Å²) in [5.41, 5.74) is 4.97. The first-order valence-corrected chi connectivity index (χ1v) is 2.73. The highest BCUT2D eigenvalue weighted by atomic mass is 16.2. The summed E-state index contributed by atoms with van der Waals surface area (Å²) in [7, 11) is 1.56. The van der Waals surface area contributed by atoms with Crippen molar-refractivity contribution in [1.82, 2.24) is 9.66 Å². The molecule has 0 aliphatic carbocycles. The molecule has 0 unspecified atom stereocenters. The van der Waals surface area contributed by atoms with E-state index in [0.717, 1.165) is 0 Å². The summed E-state index contributed by atoms with van der Waals surface area (Å²) >= 11 is 0. The number of amides is 2. The van der Waals surface area contributed by atoms with Crippen molar-refractivity contribution in [3.63, 3.8) is 0 Å². The van der Waals surface area contributed by atoms with Gasteiger partial charge in [-0.15, -0.1) is 0 Å². The minimum atomic E-state index is -0.516. The Morgan fingerprint density at radius 1 is 1.80 bits per heavy atom. The van der Waals surface area contributed by atoms with Crippen LogP contribution in [0.25, 0.3) is 0 Å². The van der Waals surface area contributed by atoms with Crippen LogP contribution in [-0.4, -0.2) is 22.7 Å². The first-order valence-electron chi connectivity index (χ1n) is 2.73. The molecule has 0 spiro atoms. The van der Waals surface area contributed by atoms with Gasteiger partial charge in [-0.05, 0) is 0 Å². The Balaban J connectivity index is 2.77. The van der Waals surface area contributed by atoms with Gasteiger partial charge in [0, 0.05) is 19.4 Å². The number of aromatic nitrogens is 2. The van der Waals surface area contributed by atoms with Gasteiger partial charge in [0.15, 0.2) is 0 Å². The highest BCUT2D eigenvalue weighted by Crippen LogP contribution is 1.85. The normalized spacial score (nSPS) is 9.30. The number of hydrogen-bond acceptors (Lipinski definition) is 2. The zero-order valence-corrected chi connectivity index (χ0v) is 5.56. The molecule has 1 rings (SSSR count). The molecule has 0 atom stereocenters. The van der Waals surface area contributed by atoms with Gasteiger partial charge in [0.05, 0.1) is 0 Å². The van der Waals surface area contributed by atoms with E-state index in [9.17, 15) is 4.79 Å². The molecule has 0 aliphatic heterocycles. The van der Waals surface area contributed by atoms with Gasteiger partial charge in [0.2, 0.25) is 0 Å². The van der Waals surface area contributed by atoms with Crippen LogP contribution in [0, 0.1) is 0 Å². The quantitative estimate of drug-likeness (QED) is 0.573. The van der Waals surface area contributed by atoms with Gasteiger partial charge >= 0.3 is 6.03 Å². The Labute approximate surface area is 58.0 Å². The third kappa shape index (κ3) is 1.07. The van der Waals surface area contributed by atoms with Crippen LogP contribution >= 0.6 is 0 Å². The second kappa shape index (κ2) is 2.38. The molecule has 0 aromatic carbocycles. The van der Waals surface area contributed by atoms with E-state index in [1.165, 1.54) is 16.0 Å². The van der Waals surface area contributed by atoms with Crippen LogP contribution in [0.15, 0.2) is 18.7 Å². The van der Waals surface area contributed by atoms with Gasteiger partial charge in [-0.2, -0.15) is 0 Å². The topological polar surface area (TPSA) is 64.2 Å². The molecule has 0 radical (unpaired) electrons. The van der Waals surface area contributed by atoms with E-state index in [1.807, 2.05) is 0 Å². The molecule has 0 fully saturated rings. The number of rotatable bonds is 1. The number of carbonyl (C=O) groups excluding carboxylic acids is 1. The Morgan fingerprint density at radius 2 is 2.50 bits per heavy atom. The second-order valence-electron chi connectivity index (χ2n) is 1.80. The number of carbonyl (C=O) groups is 1. The van der Waals surface area contributed by atoms with Crippen molar-refractivity contribution in [2.24, 2.45) is 5.73 Å². The van der Waals surface area contributed by atoms with Gasteiger partial charge in [-0.25, -0.2) is 19.5 Å². The Hall–Kier alpha value is -1.52. The minimum absolute atomic E-state index is 0.516. The summed E-state index contributed by atoms with van der Waals surface area (Å²) in [5.74, 6) is 0. The molecule has 5 nitrogen and oxygen atoms in total. The molecule has 0 saturated heterocycles. The lowest BCUT2D eigenvalue weighted by atomic mass is 10.9. The van der Waals surface area contributed by atoms with Gasteiger partial charge in [0.25, 0.3) is 0 Å². The van der Waals surface area contributed by atoms with Crippen molar-refractivity contribution in [3.8, 4) is 0 Å². The van der Waals surface area contributed by atoms with Gasteiger partial charge < -0.3 is 5.73 Å². The Kier molecular flexibility index (Phi) is 1.57. The molecule has 0 bridgehead atoms. The van der Waals surface area contributed by atoms with Crippen molar-refractivity contribution < 1.29 is 4.79 Å². The number of nitrogens with zero attached hydrogens (tertiary/aromatic N) is 3. The van der Waals surface area contributed by atoms with Crippen molar-refractivity contribution in [1.29, 1.82) is 0 Å². The molecule has 10 heavy (non-hydrogen) atoms. The van der Waals surface area contributed by atoms with Crippen LogP contribution in [0.4, 0.5) is 4.79 Å². The lowest BCUT2D eigenvalue weighted by Crippen LogP contribution is -2.39. The molecular formula is C5H8N4O. The highest BCUT2D eigenvalue weighted by Gasteiger charge is 2.01. The molecule has 2 amide bonds. The third-order valence-electron chi connectivity index (χ3n) is 1.16. The van der Waals surface area contributed by atoms with Crippen molar-refractivity contribution >= 4 is 6.03 Å². The van der Waals surface area contributed by atoms with Crippen molar-refractivity contribution in [3.05, 3.63) is 18.7 Å². The van der Waals surface area contributed by atoms with E-state index in [2.05, 4.69) is 4.98 Å². The predicted octanol–water partition coefficient (Wildman–Crippen LogP) is -0.470. The number of imidazole rings is 1. The standard InChI is InChI=1S/C5H8N4O/c1-8(5(6)10)9-3-2-7-4-9/h2-4H,1H3,(H2,6,10). The SMILES string of the molecule is CN(C(N)=O)n1ccnc1. The molecule has 5 heteroatoms. The number of primary amides is 1. The van der Waals surface area contributed by atoms with Crippen molar-refractivity contribution in [2.75, 3.05) is 12.1 Å². The monoisotopic (exact) mass is 140 g/mol. The maximum atomic E-state index is 10.5. The van der Waals surface area contributed by atoms with Crippen LogP contribution in [0.5, 0.6) is 0 Å². The van der Waals surface area contributed by atoms with E-state index in [1.54, 1.807) is 19.4 Å². The fraction of sp³-hybridized carbons (Fsp3) is 0.200. The molecule has 0 saturated carbocycles. The number of hydrogen-bond donors (Lipinski definition) is 1. The van der Waals surface area contributed by atoms with Gasteiger partial charge in [-0.1, -0.05) is 0 Å². The lowest BCUT2D eigenvalue weighted by molar-refractivity contribution is 0.250. The molecule has 1 aromatic rings. The van der Waals surface area contributed by atoms with Crippen LogP contribution in [0.2, 0.25) is 0 Å². The average molecular weight is 140 g/mol. The molecule has 1 aromatic heterocycles. The van der Waals surface area contributed by atoms with Gasteiger partial charge in [-0.3, -0.25) is 0 Å². The molecule has 0 aliphatic rings. The summed E-state index contributed by atoms with van der Waals surface area (Å²) in [5, 5.41) is 1.24. The average Bonchev–Trinajstić information content (AvgIpc) is 2.36. The van der Waals surface area contributed by atoms with E-state index < -0.39 is 6.03 Å². The van der Waals surface area contributed by atoms with Crippen LogP contribution < -0.4 is 10.7 Å². The summed E-state index contributed by atoms with van der Waals surface area (Å²) < 4.78 is 1.49. The van der Waals surface area contributed by atoms with E-state index >= 15 is 0 Å². The lowest BCUT2D eigenvalue weighted by Gasteiger charge is -2.13. The van der Waals surface area contributed by atoms with E-state index in [0.29, 0.717) is 0 Å². The summed E-state index contributed by atoms with van der Waals surface area (Å²) in [4.78, 5) is 14.2. The van der Waals surface area contributed by atoms with Crippen molar-refractivity contribution in [2.45, 2.75) is 0 Å². The molecule has 1 heterocycles. The molecule has 54 valence electrons. The minimum Gasteiger partial charge on any atom is -0.350 e. The maximum Gasteiger partial charge on any atom is 0.333 e. The third-order valence-corrected chi connectivity index (χ3v) is 1.16. The zero-order valence-electron chi connectivity index (χ0n) is 5.56. The zero-order chi connectivity index (χ0) is 7.56. The van der Waals surface area contributed by atoms with Crippen LogP contribution in [0.3, 0.4) is 0 Å². The Morgan fingerprint density at radius 3 is 2.90 bits per heavy atom. The fourth-order valence-electron chi connectivity index (χ4n) is 0.543. The Bertz CT molecular complexity index is 218. The first kappa shape index (κ1) is 6.60. The smallest absolute Gasteiger partial charge is 0.333 e. The van der Waals surface area contributed by atoms with Gasteiger partial charge in [0.1, 0.15) is 6.33 Å². The number of urea groups is 1. The van der Waals surface area contributed by atoms with Crippen LogP contribution in [-0.2, 0) is 0 Å². The second-order valence-corrected chi connectivity index (χ2v) is 1.80. The summed E-state index contributed by atoms with van der Waals surface area (Å²) in [6.07, 6.45) is 4.69. The maximum absolute atomic E-state index is 10.5. The number of nitrogens with two attached hydrogens (primary N) is 1. The van der Waals surface area contributed by atoms with Crippen LogP contribution in [0.1, 0.15) is 0 Å². The van der Waals surface area contributed by atoms with E-state index in [4.69, 9.17) is 5.73 Å². The predicted molar refractivity (Wildman–Crippen MR) is 36.0 cm³/mol. The highest BCUT2D eigenvalue weighted by molar-refractivity contribution is 5.81. The molecule has 2 N–H and O–H groups in total. The van der Waals surface area contributed by atoms with E-state index in [-0.39, 0.29) is 0 Å². The summed E-state index contributed by atoms with van der Waals surface area (Å²) in [6.45, 7) is 0. The fourth-order valence-corrected chi connectivity index (χ4v) is 0.543. The summed E-state index contributed by atoms with van der Waals surface area (Å²) in [6, 6.07) is -0.516. The molecular weight excluding hydrogens is 132 g/mol. The largest absolute Gasteiger partial charge is 0.350 e.